The van der Waals surface area contributed by atoms with Crippen molar-refractivity contribution in [3.05, 3.63) is 54.5 Å². The second kappa shape index (κ2) is 4.77. The lowest BCUT2D eigenvalue weighted by Gasteiger charge is -2.08. The Kier molecular flexibility index (Phi) is 3.05. The molecule has 3 rings (SSSR count). The van der Waals surface area contributed by atoms with Crippen molar-refractivity contribution in [3.8, 4) is 0 Å². The van der Waals surface area contributed by atoms with Crippen LogP contribution in [0.2, 0.25) is 0 Å². The van der Waals surface area contributed by atoms with Gasteiger partial charge >= 0.3 is 0 Å². The lowest BCUT2D eigenvalue weighted by atomic mass is 10.3. The van der Waals surface area contributed by atoms with Crippen LogP contribution in [0.25, 0.3) is 5.65 Å². The Bertz CT molecular complexity index is 904. The summed E-state index contributed by atoms with van der Waals surface area (Å²) in [7, 11) is -4.43. The molecule has 2 heterocycles. The summed E-state index contributed by atoms with van der Waals surface area (Å²) in [4.78, 5) is 2.91. The Balaban J connectivity index is 2.08. The van der Waals surface area contributed by atoms with Crippen molar-refractivity contribution in [1.82, 2.24) is 14.6 Å². The lowest BCUT2D eigenvalue weighted by Crippen LogP contribution is -2.16. The molecular formula is C12H8F2N4O2S. The maximum atomic E-state index is 13.6. The van der Waals surface area contributed by atoms with Gasteiger partial charge in [0, 0.05) is 12.4 Å². The van der Waals surface area contributed by atoms with Gasteiger partial charge in [0.1, 0.15) is 17.3 Å². The monoisotopic (exact) mass is 310 g/mol. The Hall–Kier alpha value is -2.55. The molecule has 3 aromatic rings. The average molecular weight is 310 g/mol. The summed E-state index contributed by atoms with van der Waals surface area (Å²) < 4.78 is 54.9. The highest BCUT2D eigenvalue weighted by atomic mass is 32.2. The van der Waals surface area contributed by atoms with E-state index in [1.54, 1.807) is 12.3 Å². The zero-order valence-electron chi connectivity index (χ0n) is 10.4. The van der Waals surface area contributed by atoms with E-state index in [2.05, 4.69) is 14.8 Å². The molecule has 0 saturated carbocycles. The van der Waals surface area contributed by atoms with Crippen molar-refractivity contribution in [2.24, 2.45) is 0 Å². The van der Waals surface area contributed by atoms with E-state index in [9.17, 15) is 17.2 Å². The quantitative estimate of drug-likeness (QED) is 0.800. The fraction of sp³-hybridized carbons (Fsp3) is 0. The predicted octanol–water partition coefficient (Wildman–Crippen LogP) is 1.81. The van der Waals surface area contributed by atoms with Crippen molar-refractivity contribution >= 4 is 21.4 Å². The second-order valence-corrected chi connectivity index (χ2v) is 5.72. The fourth-order valence-electron chi connectivity index (χ4n) is 1.83. The molecule has 0 saturated heterocycles. The smallest absolute Gasteiger partial charge is 0.267 e. The third-order valence-electron chi connectivity index (χ3n) is 2.71. The van der Waals surface area contributed by atoms with Crippen LogP contribution in [0.15, 0.2) is 47.8 Å². The Morgan fingerprint density at radius 1 is 1.14 bits per heavy atom. The number of halogens is 2. The second-order valence-electron chi connectivity index (χ2n) is 4.10. The van der Waals surface area contributed by atoms with Crippen LogP contribution < -0.4 is 4.72 Å². The Morgan fingerprint density at radius 3 is 2.57 bits per heavy atom. The van der Waals surface area contributed by atoms with Crippen LogP contribution in [0.3, 0.4) is 0 Å². The number of nitrogens with zero attached hydrogens (tertiary/aromatic N) is 3. The van der Waals surface area contributed by atoms with Gasteiger partial charge in [0.05, 0.1) is 6.20 Å². The molecule has 0 amide bonds. The van der Waals surface area contributed by atoms with E-state index < -0.39 is 26.6 Å². The SMILES string of the molecule is O=S(=O)(Nc1cnn2cccnc12)c1c(F)cccc1F. The largest absolute Gasteiger partial charge is 0.274 e. The minimum absolute atomic E-state index is 0.0262. The van der Waals surface area contributed by atoms with Crippen LogP contribution in [0.5, 0.6) is 0 Å². The van der Waals surface area contributed by atoms with Crippen molar-refractivity contribution in [2.75, 3.05) is 4.72 Å². The van der Waals surface area contributed by atoms with Gasteiger partial charge in [0.2, 0.25) is 0 Å². The summed E-state index contributed by atoms with van der Waals surface area (Å²) in [5, 5.41) is 3.88. The minimum Gasteiger partial charge on any atom is -0.274 e. The fourth-order valence-corrected chi connectivity index (χ4v) is 3.02. The third kappa shape index (κ3) is 2.31. The molecule has 0 aliphatic rings. The van der Waals surface area contributed by atoms with Crippen molar-refractivity contribution in [2.45, 2.75) is 4.90 Å². The molecule has 0 radical (unpaired) electrons. The molecule has 1 aromatic carbocycles. The van der Waals surface area contributed by atoms with Crippen molar-refractivity contribution in [3.63, 3.8) is 0 Å². The first-order chi connectivity index (χ1) is 9.99. The van der Waals surface area contributed by atoms with E-state index >= 15 is 0 Å². The Labute approximate surface area is 118 Å². The highest BCUT2D eigenvalue weighted by Crippen LogP contribution is 2.23. The number of nitrogens with one attached hydrogen (secondary N) is 1. The molecule has 9 heteroatoms. The number of hydrogen-bond acceptors (Lipinski definition) is 4. The average Bonchev–Trinajstić information content (AvgIpc) is 2.81. The van der Waals surface area contributed by atoms with E-state index in [1.807, 2.05) is 0 Å². The number of aromatic nitrogens is 3. The molecule has 21 heavy (non-hydrogen) atoms. The molecule has 2 aromatic heterocycles. The Morgan fingerprint density at radius 2 is 1.86 bits per heavy atom. The van der Waals surface area contributed by atoms with Crippen LogP contribution in [-0.2, 0) is 10.0 Å². The van der Waals surface area contributed by atoms with E-state index in [0.29, 0.717) is 0 Å². The molecule has 1 N–H and O–H groups in total. The van der Waals surface area contributed by atoms with Gasteiger partial charge in [-0.3, -0.25) is 4.72 Å². The van der Waals surface area contributed by atoms with Gasteiger partial charge in [-0.25, -0.2) is 26.7 Å². The van der Waals surface area contributed by atoms with Crippen LogP contribution in [0.4, 0.5) is 14.5 Å². The van der Waals surface area contributed by atoms with Crippen LogP contribution >= 0.6 is 0 Å². The summed E-state index contributed by atoms with van der Waals surface area (Å²) in [6.45, 7) is 0. The van der Waals surface area contributed by atoms with E-state index in [-0.39, 0.29) is 11.3 Å². The van der Waals surface area contributed by atoms with Gasteiger partial charge < -0.3 is 0 Å². The van der Waals surface area contributed by atoms with Crippen molar-refractivity contribution in [1.29, 1.82) is 0 Å². The van der Waals surface area contributed by atoms with Gasteiger partial charge in [-0.1, -0.05) is 6.07 Å². The number of fused-ring (bicyclic) bond motifs is 1. The normalized spacial score (nSPS) is 11.7. The molecule has 0 bridgehead atoms. The first kappa shape index (κ1) is 13.4. The molecular weight excluding hydrogens is 302 g/mol. The number of anilines is 1. The number of rotatable bonds is 3. The molecule has 0 atom stereocenters. The van der Waals surface area contributed by atoms with Crippen molar-refractivity contribution < 1.29 is 17.2 Å². The van der Waals surface area contributed by atoms with Crippen LogP contribution in [0.1, 0.15) is 0 Å². The maximum Gasteiger partial charge on any atom is 0.267 e. The van der Waals surface area contributed by atoms with Gasteiger partial charge in [0.25, 0.3) is 10.0 Å². The maximum absolute atomic E-state index is 13.6. The number of hydrogen-bond donors (Lipinski definition) is 1. The first-order valence-electron chi connectivity index (χ1n) is 5.74. The summed E-state index contributed by atoms with van der Waals surface area (Å²) >= 11 is 0. The third-order valence-corrected chi connectivity index (χ3v) is 4.13. The van der Waals surface area contributed by atoms with E-state index in [0.717, 1.165) is 18.2 Å². The number of sulfonamides is 1. The summed E-state index contributed by atoms with van der Waals surface area (Å²) in [6, 6.07) is 4.42. The molecule has 0 spiro atoms. The van der Waals surface area contributed by atoms with Crippen LogP contribution in [-0.4, -0.2) is 23.0 Å². The predicted molar refractivity (Wildman–Crippen MR) is 70.2 cm³/mol. The zero-order valence-corrected chi connectivity index (χ0v) is 11.2. The molecule has 6 nitrogen and oxygen atoms in total. The highest BCUT2D eigenvalue weighted by Gasteiger charge is 2.25. The molecule has 0 fully saturated rings. The standard InChI is InChI=1S/C12H8F2N4O2S/c13-8-3-1-4-9(14)11(8)21(19,20)17-10-7-16-18-6-2-5-15-12(10)18/h1-7,17H. The molecule has 0 aliphatic carbocycles. The summed E-state index contributed by atoms with van der Waals surface area (Å²) in [6.07, 6.45) is 4.21. The lowest BCUT2D eigenvalue weighted by molar-refractivity contribution is 0.521. The van der Waals surface area contributed by atoms with Crippen LogP contribution in [0, 0.1) is 11.6 Å². The minimum atomic E-state index is -4.43. The van der Waals surface area contributed by atoms with Gasteiger partial charge in [-0.2, -0.15) is 5.10 Å². The number of benzene rings is 1. The van der Waals surface area contributed by atoms with Gasteiger partial charge in [0.15, 0.2) is 10.5 Å². The van der Waals surface area contributed by atoms with Gasteiger partial charge in [-0.05, 0) is 18.2 Å². The topological polar surface area (TPSA) is 76.4 Å². The summed E-state index contributed by atoms with van der Waals surface area (Å²) in [5.41, 5.74) is 0.246. The first-order valence-corrected chi connectivity index (χ1v) is 7.22. The molecule has 0 unspecified atom stereocenters. The van der Waals surface area contributed by atoms with E-state index in [1.165, 1.54) is 16.9 Å². The zero-order chi connectivity index (χ0) is 15.0. The molecule has 108 valence electrons. The van der Waals surface area contributed by atoms with Gasteiger partial charge in [-0.15, -0.1) is 0 Å². The highest BCUT2D eigenvalue weighted by molar-refractivity contribution is 7.92. The summed E-state index contributed by atoms with van der Waals surface area (Å²) in [5.74, 6) is -2.35. The molecule has 0 aliphatic heterocycles. The van der Waals surface area contributed by atoms with E-state index in [4.69, 9.17) is 0 Å².